The molecule has 0 fully saturated rings. The summed E-state index contributed by atoms with van der Waals surface area (Å²) in [4.78, 5) is 17.3. The van der Waals surface area contributed by atoms with Crippen molar-refractivity contribution in [3.05, 3.63) is 94.8 Å². The lowest BCUT2D eigenvalue weighted by Gasteiger charge is -2.11. The predicted octanol–water partition coefficient (Wildman–Crippen LogP) is 6.96. The molecule has 0 radical (unpaired) electrons. The van der Waals surface area contributed by atoms with Gasteiger partial charge in [-0.2, -0.15) is 0 Å². The molecular formula is C32H39N3O2. The Hall–Kier alpha value is -3.60. The number of nitrogens with zero attached hydrogens (tertiary/aromatic N) is 2. The lowest BCUT2D eigenvalue weighted by atomic mass is 10.1. The Morgan fingerprint density at radius 3 is 2.49 bits per heavy atom. The number of para-hydroxylation sites is 2. The second-order valence-corrected chi connectivity index (χ2v) is 9.85. The van der Waals surface area contributed by atoms with Crippen LogP contribution >= 0.6 is 0 Å². The normalized spacial score (nSPS) is 11.1. The fourth-order valence-corrected chi connectivity index (χ4v) is 4.64. The second-order valence-electron chi connectivity index (χ2n) is 9.85. The quantitative estimate of drug-likeness (QED) is 0.203. The molecule has 1 heterocycles. The summed E-state index contributed by atoms with van der Waals surface area (Å²) in [5, 5.41) is 3.06. The third-order valence-electron chi connectivity index (χ3n) is 7.01. The summed E-state index contributed by atoms with van der Waals surface area (Å²) < 4.78 is 8.36. The van der Waals surface area contributed by atoms with E-state index in [2.05, 4.69) is 66.2 Å². The Morgan fingerprint density at radius 2 is 1.65 bits per heavy atom. The number of fused-ring (bicyclic) bond motifs is 1. The fraction of sp³-hybridized carbons (Fsp3) is 0.375. The molecule has 1 amide bonds. The first-order chi connectivity index (χ1) is 18.0. The van der Waals surface area contributed by atoms with Gasteiger partial charge in [0.15, 0.2) is 0 Å². The number of unbranched alkanes of at least 4 members (excludes halogenated alkanes) is 3. The Bertz CT molecular complexity index is 1320. The van der Waals surface area contributed by atoms with Crippen molar-refractivity contribution < 1.29 is 9.53 Å². The highest BCUT2D eigenvalue weighted by atomic mass is 16.5. The molecular weight excluding hydrogens is 458 g/mol. The van der Waals surface area contributed by atoms with Crippen LogP contribution in [0, 0.1) is 20.8 Å². The van der Waals surface area contributed by atoms with Crippen LogP contribution in [0.25, 0.3) is 11.0 Å². The van der Waals surface area contributed by atoms with E-state index in [1.165, 1.54) is 16.6 Å². The van der Waals surface area contributed by atoms with Gasteiger partial charge in [0, 0.05) is 25.1 Å². The van der Waals surface area contributed by atoms with Crippen molar-refractivity contribution in [3.63, 3.8) is 0 Å². The molecule has 0 saturated carbocycles. The van der Waals surface area contributed by atoms with E-state index in [-0.39, 0.29) is 5.91 Å². The number of amides is 1. The summed E-state index contributed by atoms with van der Waals surface area (Å²) in [6.45, 7) is 8.58. The lowest BCUT2D eigenvalue weighted by Crippen LogP contribution is -2.25. The highest BCUT2D eigenvalue weighted by Gasteiger charge is 2.11. The highest BCUT2D eigenvalue weighted by molar-refractivity contribution is 5.95. The molecule has 5 nitrogen and oxygen atoms in total. The number of ether oxygens (including phenoxy) is 1. The Balaban J connectivity index is 1.22. The molecule has 3 aromatic carbocycles. The molecule has 0 atom stereocenters. The smallest absolute Gasteiger partial charge is 0.251 e. The van der Waals surface area contributed by atoms with Gasteiger partial charge in [-0.1, -0.05) is 42.8 Å². The van der Waals surface area contributed by atoms with Gasteiger partial charge < -0.3 is 14.6 Å². The van der Waals surface area contributed by atoms with Gasteiger partial charge in [-0.3, -0.25) is 4.79 Å². The minimum Gasteiger partial charge on any atom is -0.494 e. The molecule has 0 aliphatic rings. The van der Waals surface area contributed by atoms with E-state index >= 15 is 0 Å². The van der Waals surface area contributed by atoms with Gasteiger partial charge in [-0.05, 0) is 93.5 Å². The number of benzene rings is 3. The van der Waals surface area contributed by atoms with Crippen molar-refractivity contribution in [2.45, 2.75) is 65.8 Å². The molecule has 0 unspecified atom stereocenters. The van der Waals surface area contributed by atoms with Crippen molar-refractivity contribution in [3.8, 4) is 5.75 Å². The molecule has 0 aliphatic heterocycles. The topological polar surface area (TPSA) is 56.1 Å². The van der Waals surface area contributed by atoms with Crippen molar-refractivity contribution in [1.82, 2.24) is 14.9 Å². The van der Waals surface area contributed by atoms with E-state index in [1.54, 1.807) is 0 Å². The van der Waals surface area contributed by atoms with Crippen molar-refractivity contribution in [2.75, 3.05) is 13.2 Å². The van der Waals surface area contributed by atoms with E-state index in [0.29, 0.717) is 6.54 Å². The van der Waals surface area contributed by atoms with Crippen molar-refractivity contribution >= 4 is 16.9 Å². The minimum atomic E-state index is 0.0152. The van der Waals surface area contributed by atoms with Gasteiger partial charge in [0.25, 0.3) is 5.91 Å². The third-order valence-corrected chi connectivity index (χ3v) is 7.01. The number of imidazole rings is 1. The van der Waals surface area contributed by atoms with E-state index in [4.69, 9.17) is 9.72 Å². The minimum absolute atomic E-state index is 0.0152. The standard InChI is InChI=1S/C32H39N3O2/c1-24-18-19-27(23-26(24)3)37-22-12-11-21-35-30-16-9-8-15-29(30)34-31(35)17-5-4-10-20-33-32(36)28-14-7-6-13-25(28)2/h6-9,13-16,18-19,23H,4-5,10-12,17,20-22H2,1-3H3,(H,33,36). The maximum Gasteiger partial charge on any atom is 0.251 e. The van der Waals surface area contributed by atoms with Crippen molar-refractivity contribution in [2.24, 2.45) is 0 Å². The molecule has 194 valence electrons. The molecule has 5 heteroatoms. The van der Waals surface area contributed by atoms with Gasteiger partial charge in [0.1, 0.15) is 11.6 Å². The van der Waals surface area contributed by atoms with Crippen LogP contribution in [0.15, 0.2) is 66.7 Å². The first-order valence-electron chi connectivity index (χ1n) is 13.5. The van der Waals surface area contributed by atoms with Crippen LogP contribution in [0.4, 0.5) is 0 Å². The van der Waals surface area contributed by atoms with Gasteiger partial charge in [0.05, 0.1) is 17.6 Å². The zero-order valence-electron chi connectivity index (χ0n) is 22.4. The summed E-state index contributed by atoms with van der Waals surface area (Å²) in [5.41, 5.74) is 6.60. The third kappa shape index (κ3) is 7.22. The number of nitrogens with one attached hydrogen (secondary N) is 1. The number of carbonyl (C=O) groups is 1. The largest absolute Gasteiger partial charge is 0.494 e. The summed E-state index contributed by atoms with van der Waals surface area (Å²) >= 11 is 0. The number of aryl methyl sites for hydroxylation is 5. The van der Waals surface area contributed by atoms with Crippen LogP contribution in [-0.2, 0) is 13.0 Å². The number of carbonyl (C=O) groups excluding carboxylic acids is 1. The fourth-order valence-electron chi connectivity index (χ4n) is 4.64. The molecule has 0 saturated heterocycles. The van der Waals surface area contributed by atoms with Crippen LogP contribution in [-0.4, -0.2) is 28.6 Å². The molecule has 1 N–H and O–H groups in total. The van der Waals surface area contributed by atoms with Crippen LogP contribution < -0.4 is 10.1 Å². The second kappa shape index (κ2) is 13.1. The maximum atomic E-state index is 12.4. The van der Waals surface area contributed by atoms with E-state index in [1.807, 2.05) is 31.2 Å². The first kappa shape index (κ1) is 26.5. The Labute approximate surface area is 220 Å². The molecule has 37 heavy (non-hydrogen) atoms. The van der Waals surface area contributed by atoms with Gasteiger partial charge >= 0.3 is 0 Å². The molecule has 0 bridgehead atoms. The van der Waals surface area contributed by atoms with Gasteiger partial charge in [-0.25, -0.2) is 4.98 Å². The number of hydrogen-bond donors (Lipinski definition) is 1. The highest BCUT2D eigenvalue weighted by Crippen LogP contribution is 2.20. The van der Waals surface area contributed by atoms with Crippen LogP contribution in [0.5, 0.6) is 5.75 Å². The zero-order valence-corrected chi connectivity index (χ0v) is 22.4. The number of rotatable bonds is 13. The number of hydrogen-bond acceptors (Lipinski definition) is 3. The van der Waals surface area contributed by atoms with Gasteiger partial charge in [-0.15, -0.1) is 0 Å². The summed E-state index contributed by atoms with van der Waals surface area (Å²) in [5.74, 6) is 2.12. The predicted molar refractivity (Wildman–Crippen MR) is 151 cm³/mol. The SMILES string of the molecule is Cc1ccc(OCCCCn2c(CCCCCNC(=O)c3ccccc3C)nc3ccccc32)cc1C. The zero-order chi connectivity index (χ0) is 26.0. The average Bonchev–Trinajstić information content (AvgIpc) is 3.25. The Kier molecular flexibility index (Phi) is 9.36. The molecule has 4 aromatic rings. The van der Waals surface area contributed by atoms with Crippen LogP contribution in [0.3, 0.4) is 0 Å². The molecule has 0 aliphatic carbocycles. The monoisotopic (exact) mass is 497 g/mol. The average molecular weight is 498 g/mol. The van der Waals surface area contributed by atoms with E-state index < -0.39 is 0 Å². The lowest BCUT2D eigenvalue weighted by molar-refractivity contribution is 0.0952. The maximum absolute atomic E-state index is 12.4. The summed E-state index contributed by atoms with van der Waals surface area (Å²) in [6, 6.07) is 22.4. The Morgan fingerprint density at radius 1 is 0.838 bits per heavy atom. The van der Waals surface area contributed by atoms with Gasteiger partial charge in [0.2, 0.25) is 0 Å². The molecule has 4 rings (SSSR count). The molecule has 0 spiro atoms. The van der Waals surface area contributed by atoms with E-state index in [9.17, 15) is 4.79 Å². The van der Waals surface area contributed by atoms with Crippen LogP contribution in [0.2, 0.25) is 0 Å². The number of aromatic nitrogens is 2. The first-order valence-corrected chi connectivity index (χ1v) is 13.5. The summed E-state index contributed by atoms with van der Waals surface area (Å²) in [6.07, 6.45) is 6.07. The molecule has 1 aromatic heterocycles. The summed E-state index contributed by atoms with van der Waals surface area (Å²) in [7, 11) is 0. The van der Waals surface area contributed by atoms with E-state index in [0.717, 1.165) is 79.9 Å². The van der Waals surface area contributed by atoms with Crippen molar-refractivity contribution in [1.29, 1.82) is 0 Å². The van der Waals surface area contributed by atoms with Crippen LogP contribution in [0.1, 0.15) is 65.0 Å².